The molecular formula is C14H19NO. The van der Waals surface area contributed by atoms with Gasteiger partial charge in [0.05, 0.1) is 5.41 Å². The van der Waals surface area contributed by atoms with Crippen molar-refractivity contribution in [2.75, 3.05) is 13.1 Å². The van der Waals surface area contributed by atoms with E-state index in [0.717, 1.165) is 25.9 Å². The van der Waals surface area contributed by atoms with Crippen molar-refractivity contribution in [1.29, 1.82) is 0 Å². The van der Waals surface area contributed by atoms with Crippen LogP contribution in [0.3, 0.4) is 0 Å². The van der Waals surface area contributed by atoms with E-state index in [4.69, 9.17) is 0 Å². The van der Waals surface area contributed by atoms with Gasteiger partial charge in [-0.05, 0) is 50.9 Å². The van der Waals surface area contributed by atoms with Crippen LogP contribution < -0.4 is 5.32 Å². The predicted octanol–water partition coefficient (Wildman–Crippen LogP) is 2.21. The number of nitrogens with one attached hydrogen (secondary N) is 1. The smallest absolute Gasteiger partial charge is 0.140 e. The molecular weight excluding hydrogens is 198 g/mol. The maximum absolute atomic E-state index is 12.0. The first-order chi connectivity index (χ1) is 7.67. The summed E-state index contributed by atoms with van der Waals surface area (Å²) in [6, 6.07) is 8.28. The third-order valence-electron chi connectivity index (χ3n) is 3.79. The van der Waals surface area contributed by atoms with E-state index in [9.17, 15) is 4.79 Å². The number of piperidine rings is 1. The van der Waals surface area contributed by atoms with Crippen LogP contribution >= 0.6 is 0 Å². The van der Waals surface area contributed by atoms with Crippen molar-refractivity contribution >= 4 is 5.78 Å². The summed E-state index contributed by atoms with van der Waals surface area (Å²) in [5, 5.41) is 3.33. The van der Waals surface area contributed by atoms with E-state index in [1.807, 2.05) is 12.1 Å². The Labute approximate surface area is 97.1 Å². The second-order valence-corrected chi connectivity index (χ2v) is 4.70. The SMILES string of the molecule is CC(=O)C1(c2ccccc2C)CCNCC1. The zero-order chi connectivity index (χ0) is 11.6. The van der Waals surface area contributed by atoms with Gasteiger partial charge in [-0.25, -0.2) is 0 Å². The number of carbonyl (C=O) groups is 1. The molecule has 0 aromatic heterocycles. The van der Waals surface area contributed by atoms with E-state index >= 15 is 0 Å². The summed E-state index contributed by atoms with van der Waals surface area (Å²) < 4.78 is 0. The van der Waals surface area contributed by atoms with Gasteiger partial charge in [-0.3, -0.25) is 4.79 Å². The van der Waals surface area contributed by atoms with Crippen LogP contribution in [-0.2, 0) is 10.2 Å². The number of carbonyl (C=O) groups excluding carboxylic acids is 1. The Morgan fingerprint density at radius 2 is 1.88 bits per heavy atom. The van der Waals surface area contributed by atoms with Gasteiger partial charge in [-0.2, -0.15) is 0 Å². The Bertz CT molecular complexity index is 391. The van der Waals surface area contributed by atoms with E-state index in [0.29, 0.717) is 5.78 Å². The average molecular weight is 217 g/mol. The molecule has 0 bridgehead atoms. The van der Waals surface area contributed by atoms with Crippen LogP contribution in [0.2, 0.25) is 0 Å². The third-order valence-corrected chi connectivity index (χ3v) is 3.79. The highest BCUT2D eigenvalue weighted by Crippen LogP contribution is 2.36. The third kappa shape index (κ3) is 1.78. The Hall–Kier alpha value is -1.15. The highest BCUT2D eigenvalue weighted by molar-refractivity contribution is 5.88. The number of aryl methyl sites for hydroxylation is 1. The van der Waals surface area contributed by atoms with Crippen LogP contribution in [0.5, 0.6) is 0 Å². The molecule has 0 amide bonds. The maximum atomic E-state index is 12.0. The molecule has 16 heavy (non-hydrogen) atoms. The van der Waals surface area contributed by atoms with Crippen LogP contribution in [-0.4, -0.2) is 18.9 Å². The molecule has 86 valence electrons. The van der Waals surface area contributed by atoms with Crippen LogP contribution in [0.1, 0.15) is 30.9 Å². The van der Waals surface area contributed by atoms with E-state index in [1.54, 1.807) is 6.92 Å². The molecule has 0 atom stereocenters. The molecule has 1 aliphatic heterocycles. The second-order valence-electron chi connectivity index (χ2n) is 4.70. The highest BCUT2D eigenvalue weighted by atomic mass is 16.1. The number of hydrogen-bond acceptors (Lipinski definition) is 2. The molecule has 1 aromatic carbocycles. The number of Topliss-reactive ketones (excluding diaryl/α,β-unsaturated/α-hetero) is 1. The quantitative estimate of drug-likeness (QED) is 0.823. The summed E-state index contributed by atoms with van der Waals surface area (Å²) in [5.74, 6) is 0.309. The standard InChI is InChI=1S/C14H19NO/c1-11-5-3-4-6-13(11)14(12(2)16)7-9-15-10-8-14/h3-6,15H,7-10H2,1-2H3. The molecule has 0 saturated carbocycles. The van der Waals surface area contributed by atoms with Crippen molar-refractivity contribution in [3.63, 3.8) is 0 Å². The molecule has 2 heteroatoms. The van der Waals surface area contributed by atoms with Crippen LogP contribution in [0.15, 0.2) is 24.3 Å². The zero-order valence-electron chi connectivity index (χ0n) is 10.0. The molecule has 0 spiro atoms. The van der Waals surface area contributed by atoms with E-state index in [1.165, 1.54) is 11.1 Å². The van der Waals surface area contributed by atoms with Gasteiger partial charge in [0.25, 0.3) is 0 Å². The molecule has 0 unspecified atom stereocenters. The van der Waals surface area contributed by atoms with Crippen molar-refractivity contribution in [2.24, 2.45) is 0 Å². The van der Waals surface area contributed by atoms with Crippen molar-refractivity contribution in [1.82, 2.24) is 5.32 Å². The van der Waals surface area contributed by atoms with Gasteiger partial charge < -0.3 is 5.32 Å². The summed E-state index contributed by atoms with van der Waals surface area (Å²) in [6.07, 6.45) is 1.85. The van der Waals surface area contributed by atoms with Crippen LogP contribution in [0.4, 0.5) is 0 Å². The van der Waals surface area contributed by atoms with E-state index in [2.05, 4.69) is 24.4 Å². The summed E-state index contributed by atoms with van der Waals surface area (Å²) in [6.45, 7) is 5.71. The van der Waals surface area contributed by atoms with E-state index in [-0.39, 0.29) is 5.41 Å². The van der Waals surface area contributed by atoms with E-state index < -0.39 is 0 Å². The lowest BCUT2D eigenvalue weighted by Crippen LogP contribution is -2.45. The molecule has 0 radical (unpaired) electrons. The van der Waals surface area contributed by atoms with Gasteiger partial charge in [0.15, 0.2) is 0 Å². The molecule has 1 heterocycles. The average Bonchev–Trinajstić information content (AvgIpc) is 2.30. The van der Waals surface area contributed by atoms with Gasteiger partial charge in [0.2, 0.25) is 0 Å². The first-order valence-corrected chi connectivity index (χ1v) is 5.95. The lowest BCUT2D eigenvalue weighted by molar-refractivity contribution is -0.123. The normalized spacial score (nSPS) is 19.4. The van der Waals surface area contributed by atoms with Gasteiger partial charge in [0.1, 0.15) is 5.78 Å². The zero-order valence-corrected chi connectivity index (χ0v) is 10.0. The number of ketones is 1. The number of benzene rings is 1. The number of hydrogen-bond donors (Lipinski definition) is 1. The molecule has 2 rings (SSSR count). The molecule has 1 aromatic rings. The van der Waals surface area contributed by atoms with Gasteiger partial charge in [-0.1, -0.05) is 24.3 Å². The Balaban J connectivity index is 2.47. The van der Waals surface area contributed by atoms with Gasteiger partial charge in [-0.15, -0.1) is 0 Å². The largest absolute Gasteiger partial charge is 0.317 e. The van der Waals surface area contributed by atoms with Crippen LogP contribution in [0.25, 0.3) is 0 Å². The summed E-state index contributed by atoms with van der Waals surface area (Å²) in [7, 11) is 0. The highest BCUT2D eigenvalue weighted by Gasteiger charge is 2.39. The Kier molecular flexibility index (Phi) is 3.10. The predicted molar refractivity (Wildman–Crippen MR) is 65.6 cm³/mol. The second kappa shape index (κ2) is 4.38. The van der Waals surface area contributed by atoms with Crippen molar-refractivity contribution in [3.05, 3.63) is 35.4 Å². The Morgan fingerprint density at radius 3 is 2.44 bits per heavy atom. The topological polar surface area (TPSA) is 29.1 Å². The summed E-state index contributed by atoms with van der Waals surface area (Å²) in [5.41, 5.74) is 2.22. The fourth-order valence-corrected chi connectivity index (χ4v) is 2.77. The molecule has 1 N–H and O–H groups in total. The monoisotopic (exact) mass is 217 g/mol. The molecule has 1 aliphatic rings. The minimum Gasteiger partial charge on any atom is -0.317 e. The van der Waals surface area contributed by atoms with Crippen molar-refractivity contribution in [2.45, 2.75) is 32.1 Å². The Morgan fingerprint density at radius 1 is 1.25 bits per heavy atom. The summed E-state index contributed by atoms with van der Waals surface area (Å²) in [4.78, 5) is 12.0. The number of rotatable bonds is 2. The molecule has 1 saturated heterocycles. The lowest BCUT2D eigenvalue weighted by atomic mass is 9.69. The first kappa shape index (κ1) is 11.3. The minimum absolute atomic E-state index is 0.239. The molecule has 0 aliphatic carbocycles. The fraction of sp³-hybridized carbons (Fsp3) is 0.500. The van der Waals surface area contributed by atoms with Crippen LogP contribution in [0, 0.1) is 6.92 Å². The lowest BCUT2D eigenvalue weighted by Gasteiger charge is -2.37. The first-order valence-electron chi connectivity index (χ1n) is 5.95. The van der Waals surface area contributed by atoms with Gasteiger partial charge in [0, 0.05) is 0 Å². The maximum Gasteiger partial charge on any atom is 0.140 e. The molecule has 2 nitrogen and oxygen atoms in total. The van der Waals surface area contributed by atoms with Crippen molar-refractivity contribution in [3.8, 4) is 0 Å². The minimum atomic E-state index is -0.239. The fourth-order valence-electron chi connectivity index (χ4n) is 2.77. The van der Waals surface area contributed by atoms with Crippen molar-refractivity contribution < 1.29 is 4.79 Å². The van der Waals surface area contributed by atoms with Gasteiger partial charge >= 0.3 is 0 Å². The molecule has 1 fully saturated rings. The summed E-state index contributed by atoms with van der Waals surface area (Å²) >= 11 is 0.